The second-order valence-corrected chi connectivity index (χ2v) is 7.15. The third kappa shape index (κ3) is 5.56. The number of nitrogens with zero attached hydrogens (tertiary/aromatic N) is 1. The molecule has 1 heterocycles. The Bertz CT molecular complexity index is 935. The highest BCUT2D eigenvalue weighted by Crippen LogP contribution is 2.32. The van der Waals surface area contributed by atoms with E-state index in [9.17, 15) is 22.8 Å². The number of amides is 2. The number of alkyl halides is 3. The van der Waals surface area contributed by atoms with Crippen LogP contribution in [-0.4, -0.2) is 30.8 Å². The van der Waals surface area contributed by atoms with Gasteiger partial charge < -0.3 is 20.3 Å². The zero-order valence-electron chi connectivity index (χ0n) is 15.9. The molecule has 0 aliphatic carbocycles. The minimum absolute atomic E-state index is 0.0250. The molecule has 1 unspecified atom stereocenters. The van der Waals surface area contributed by atoms with Gasteiger partial charge in [0.2, 0.25) is 11.8 Å². The van der Waals surface area contributed by atoms with Crippen LogP contribution in [0, 0.1) is 0 Å². The molecule has 6 nitrogen and oxygen atoms in total. The van der Waals surface area contributed by atoms with Crippen LogP contribution >= 0.6 is 11.6 Å². The minimum atomic E-state index is -4.78. The van der Waals surface area contributed by atoms with E-state index in [1.807, 2.05) is 0 Å². The van der Waals surface area contributed by atoms with Crippen molar-refractivity contribution >= 4 is 40.5 Å². The van der Waals surface area contributed by atoms with Crippen LogP contribution in [0.15, 0.2) is 42.5 Å². The van der Waals surface area contributed by atoms with E-state index >= 15 is 0 Å². The molecule has 2 N–H and O–H groups in total. The van der Waals surface area contributed by atoms with Gasteiger partial charge in [0.15, 0.2) is 0 Å². The van der Waals surface area contributed by atoms with Crippen LogP contribution in [0.2, 0.25) is 5.02 Å². The highest BCUT2D eigenvalue weighted by molar-refractivity contribution is 6.34. The second-order valence-electron chi connectivity index (χ2n) is 6.74. The van der Waals surface area contributed by atoms with Gasteiger partial charge >= 0.3 is 6.36 Å². The summed E-state index contributed by atoms with van der Waals surface area (Å²) >= 11 is 6.30. The van der Waals surface area contributed by atoms with Crippen LogP contribution in [0.3, 0.4) is 0 Å². The Morgan fingerprint density at radius 2 is 1.83 bits per heavy atom. The van der Waals surface area contributed by atoms with E-state index in [1.165, 1.54) is 12.1 Å². The van der Waals surface area contributed by atoms with E-state index < -0.39 is 18.3 Å². The standard InChI is InChI=1S/C20H19ClF3N3O3/c1-12(19(29)26-13-4-7-15(8-5-13)30-20(22,23)24)25-14-6-9-17(16(21)11-14)27-10-2-3-18(27)28/h4-9,11-12,25H,2-3,10H2,1H3,(H,26,29). The zero-order chi connectivity index (χ0) is 21.9. The van der Waals surface area contributed by atoms with Crippen molar-refractivity contribution in [1.82, 2.24) is 0 Å². The van der Waals surface area contributed by atoms with Crippen molar-refractivity contribution in [2.75, 3.05) is 22.1 Å². The van der Waals surface area contributed by atoms with Gasteiger partial charge in [-0.15, -0.1) is 13.2 Å². The maximum absolute atomic E-state index is 12.4. The molecule has 0 radical (unpaired) electrons. The number of halogens is 4. The predicted octanol–water partition coefficient (Wildman–Crippen LogP) is 4.80. The van der Waals surface area contributed by atoms with E-state index in [-0.39, 0.29) is 11.7 Å². The molecule has 3 rings (SSSR count). The summed E-state index contributed by atoms with van der Waals surface area (Å²) in [7, 11) is 0. The summed E-state index contributed by atoms with van der Waals surface area (Å²) < 4.78 is 40.4. The molecular formula is C20H19ClF3N3O3. The molecular weight excluding hydrogens is 423 g/mol. The summed E-state index contributed by atoms with van der Waals surface area (Å²) in [5.41, 5.74) is 1.54. The van der Waals surface area contributed by atoms with E-state index in [2.05, 4.69) is 15.4 Å². The lowest BCUT2D eigenvalue weighted by Crippen LogP contribution is -2.32. The molecule has 0 aromatic heterocycles. The van der Waals surface area contributed by atoms with E-state index in [1.54, 1.807) is 30.0 Å². The number of anilines is 3. The van der Waals surface area contributed by atoms with Crippen LogP contribution in [-0.2, 0) is 9.59 Å². The maximum Gasteiger partial charge on any atom is 0.573 e. The Labute approximate surface area is 175 Å². The van der Waals surface area contributed by atoms with Gasteiger partial charge in [-0.1, -0.05) is 11.6 Å². The predicted molar refractivity (Wildman–Crippen MR) is 108 cm³/mol. The largest absolute Gasteiger partial charge is 0.573 e. The maximum atomic E-state index is 12.4. The molecule has 1 aliphatic heterocycles. The smallest absolute Gasteiger partial charge is 0.406 e. The summed E-state index contributed by atoms with van der Waals surface area (Å²) in [6.07, 6.45) is -3.49. The van der Waals surface area contributed by atoms with Gasteiger partial charge in [-0.2, -0.15) is 0 Å². The van der Waals surface area contributed by atoms with Crippen molar-refractivity contribution in [2.45, 2.75) is 32.2 Å². The van der Waals surface area contributed by atoms with Crippen molar-refractivity contribution in [1.29, 1.82) is 0 Å². The lowest BCUT2D eigenvalue weighted by molar-refractivity contribution is -0.274. The van der Waals surface area contributed by atoms with Crippen LogP contribution < -0.4 is 20.3 Å². The molecule has 0 bridgehead atoms. The Morgan fingerprint density at radius 3 is 2.40 bits per heavy atom. The fourth-order valence-electron chi connectivity index (χ4n) is 3.02. The molecule has 0 spiro atoms. The first-order valence-electron chi connectivity index (χ1n) is 9.15. The van der Waals surface area contributed by atoms with Gasteiger partial charge in [0.05, 0.1) is 10.7 Å². The molecule has 0 saturated carbocycles. The molecule has 30 heavy (non-hydrogen) atoms. The second kappa shape index (κ2) is 8.83. The average molecular weight is 442 g/mol. The molecule has 1 saturated heterocycles. The highest BCUT2D eigenvalue weighted by atomic mass is 35.5. The van der Waals surface area contributed by atoms with Gasteiger partial charge in [0.1, 0.15) is 11.8 Å². The number of rotatable bonds is 6. The van der Waals surface area contributed by atoms with Gasteiger partial charge in [-0.25, -0.2) is 0 Å². The Hall–Kier alpha value is -2.94. The topological polar surface area (TPSA) is 70.7 Å². The Balaban J connectivity index is 1.59. The minimum Gasteiger partial charge on any atom is -0.406 e. The van der Waals surface area contributed by atoms with Crippen molar-refractivity contribution < 1.29 is 27.5 Å². The van der Waals surface area contributed by atoms with E-state index in [4.69, 9.17) is 11.6 Å². The number of hydrogen-bond donors (Lipinski definition) is 2. The molecule has 2 amide bonds. The lowest BCUT2D eigenvalue weighted by atomic mass is 10.2. The van der Waals surface area contributed by atoms with Crippen molar-refractivity contribution in [3.63, 3.8) is 0 Å². The fourth-order valence-corrected chi connectivity index (χ4v) is 3.31. The van der Waals surface area contributed by atoms with Crippen molar-refractivity contribution in [3.05, 3.63) is 47.5 Å². The van der Waals surface area contributed by atoms with Crippen LogP contribution in [0.1, 0.15) is 19.8 Å². The first-order valence-corrected chi connectivity index (χ1v) is 9.53. The molecule has 10 heteroatoms. The quantitative estimate of drug-likeness (QED) is 0.675. The number of carbonyl (C=O) groups is 2. The van der Waals surface area contributed by atoms with Crippen LogP contribution in [0.25, 0.3) is 0 Å². The fraction of sp³-hybridized carbons (Fsp3) is 0.300. The number of benzene rings is 2. The van der Waals surface area contributed by atoms with Gasteiger partial charge in [-0.3, -0.25) is 9.59 Å². The molecule has 2 aromatic rings. The van der Waals surface area contributed by atoms with Gasteiger partial charge in [0.25, 0.3) is 0 Å². The molecule has 1 atom stereocenters. The lowest BCUT2D eigenvalue weighted by Gasteiger charge is -2.20. The first-order chi connectivity index (χ1) is 14.1. The van der Waals surface area contributed by atoms with Crippen LogP contribution in [0.5, 0.6) is 5.75 Å². The molecule has 160 valence electrons. The average Bonchev–Trinajstić information content (AvgIpc) is 3.08. The van der Waals surface area contributed by atoms with Crippen molar-refractivity contribution in [3.8, 4) is 5.75 Å². The summed E-state index contributed by atoms with van der Waals surface area (Å²) in [5, 5.41) is 6.00. The van der Waals surface area contributed by atoms with Gasteiger partial charge in [0, 0.05) is 24.3 Å². The number of hydrogen-bond acceptors (Lipinski definition) is 4. The van der Waals surface area contributed by atoms with Gasteiger partial charge in [-0.05, 0) is 55.8 Å². The molecule has 2 aromatic carbocycles. The molecule has 1 fully saturated rings. The first kappa shape index (κ1) is 21.8. The number of carbonyl (C=O) groups excluding carboxylic acids is 2. The third-order valence-electron chi connectivity index (χ3n) is 4.44. The van der Waals surface area contributed by atoms with E-state index in [0.717, 1.165) is 18.6 Å². The normalized spacial score (nSPS) is 15.1. The summed E-state index contributed by atoms with van der Waals surface area (Å²) in [5.74, 6) is -0.746. The Morgan fingerprint density at radius 1 is 1.17 bits per heavy atom. The summed E-state index contributed by atoms with van der Waals surface area (Å²) in [4.78, 5) is 25.9. The summed E-state index contributed by atoms with van der Waals surface area (Å²) in [6, 6.07) is 9.26. The molecule has 1 aliphatic rings. The van der Waals surface area contributed by atoms with Crippen molar-refractivity contribution in [2.24, 2.45) is 0 Å². The number of ether oxygens (including phenoxy) is 1. The zero-order valence-corrected chi connectivity index (χ0v) is 16.7. The van der Waals surface area contributed by atoms with Crippen LogP contribution in [0.4, 0.5) is 30.2 Å². The SMILES string of the molecule is CC(Nc1ccc(N2CCCC2=O)c(Cl)c1)C(=O)Nc1ccc(OC(F)(F)F)cc1. The van der Waals surface area contributed by atoms with E-state index in [0.29, 0.717) is 35.1 Å². The third-order valence-corrected chi connectivity index (χ3v) is 4.75. The Kier molecular flexibility index (Phi) is 6.40. The monoisotopic (exact) mass is 441 g/mol. The number of nitrogens with one attached hydrogen (secondary N) is 2. The summed E-state index contributed by atoms with van der Waals surface area (Å²) in [6.45, 7) is 2.25. The highest BCUT2D eigenvalue weighted by Gasteiger charge is 2.31.